The van der Waals surface area contributed by atoms with Crippen LogP contribution in [0.2, 0.25) is 0 Å². The molecule has 1 unspecified atom stereocenters. The molecule has 0 aliphatic carbocycles. The fraction of sp³-hybridized carbons (Fsp3) is 0.909. The third kappa shape index (κ3) is 6.21. The van der Waals surface area contributed by atoms with Gasteiger partial charge in [-0.1, -0.05) is 0 Å². The molecule has 0 aromatic carbocycles. The third-order valence-electron chi connectivity index (χ3n) is 2.66. The zero-order valence-electron chi connectivity index (χ0n) is 10.6. The number of ether oxygens (including phenoxy) is 2. The predicted molar refractivity (Wildman–Crippen MR) is 68.6 cm³/mol. The van der Waals surface area contributed by atoms with Crippen molar-refractivity contribution in [3.8, 4) is 0 Å². The average molecular weight is 267 g/mol. The van der Waals surface area contributed by atoms with Gasteiger partial charge in [-0.25, -0.2) is 0 Å². The average Bonchev–Trinajstić information content (AvgIpc) is 2.30. The van der Waals surface area contributed by atoms with Gasteiger partial charge in [0.05, 0.1) is 19.3 Å². The van der Waals surface area contributed by atoms with Crippen LogP contribution in [0, 0.1) is 0 Å². The first-order valence-corrected chi connectivity index (χ1v) is 5.81. The topological polar surface area (TPSA) is 50.8 Å². The highest BCUT2D eigenvalue weighted by atomic mass is 35.5. The molecule has 1 fully saturated rings. The minimum absolute atomic E-state index is 0. The Balaban J connectivity index is 0.00000256. The largest absolute Gasteiger partial charge is 0.382 e. The Morgan fingerprint density at radius 2 is 2.35 bits per heavy atom. The van der Waals surface area contributed by atoms with Gasteiger partial charge in [-0.15, -0.1) is 12.4 Å². The molecule has 1 rings (SSSR count). The van der Waals surface area contributed by atoms with Crippen molar-refractivity contribution in [2.45, 2.75) is 18.9 Å². The van der Waals surface area contributed by atoms with E-state index in [0.29, 0.717) is 32.7 Å². The van der Waals surface area contributed by atoms with E-state index in [2.05, 4.69) is 5.32 Å². The lowest BCUT2D eigenvalue weighted by molar-refractivity contribution is -0.140. The lowest BCUT2D eigenvalue weighted by Crippen LogP contribution is -2.47. The van der Waals surface area contributed by atoms with Gasteiger partial charge in [0.1, 0.15) is 0 Å². The Labute approximate surface area is 109 Å². The number of nitrogens with zero attached hydrogens (tertiary/aromatic N) is 1. The van der Waals surface area contributed by atoms with Gasteiger partial charge < -0.3 is 19.7 Å². The van der Waals surface area contributed by atoms with Crippen LogP contribution in [0.1, 0.15) is 12.8 Å². The summed E-state index contributed by atoms with van der Waals surface area (Å²) >= 11 is 0. The second-order valence-electron chi connectivity index (χ2n) is 4.00. The van der Waals surface area contributed by atoms with Gasteiger partial charge in [-0.3, -0.25) is 4.79 Å². The van der Waals surface area contributed by atoms with Gasteiger partial charge in [0.2, 0.25) is 5.91 Å². The quantitative estimate of drug-likeness (QED) is 0.702. The normalized spacial score (nSPS) is 19.9. The predicted octanol–water partition coefficient (Wildman–Crippen LogP) is 0.282. The molecular formula is C11H23ClN2O3. The number of halogens is 1. The van der Waals surface area contributed by atoms with E-state index >= 15 is 0 Å². The lowest BCUT2D eigenvalue weighted by Gasteiger charge is -2.32. The maximum Gasteiger partial charge on any atom is 0.222 e. The molecule has 1 N–H and O–H groups in total. The fourth-order valence-corrected chi connectivity index (χ4v) is 1.81. The molecule has 1 aliphatic rings. The number of carbonyl (C=O) groups excluding carboxylic acids is 1. The molecule has 1 heterocycles. The molecule has 5 nitrogen and oxygen atoms in total. The van der Waals surface area contributed by atoms with Crippen molar-refractivity contribution in [3.63, 3.8) is 0 Å². The number of amides is 1. The number of rotatable bonds is 6. The Kier molecular flexibility index (Phi) is 9.44. The van der Waals surface area contributed by atoms with Crippen molar-refractivity contribution >= 4 is 18.3 Å². The van der Waals surface area contributed by atoms with Crippen LogP contribution in [-0.2, 0) is 14.3 Å². The molecule has 1 amide bonds. The summed E-state index contributed by atoms with van der Waals surface area (Å²) in [6, 6.07) is 0. The van der Waals surface area contributed by atoms with Crippen LogP contribution < -0.4 is 5.32 Å². The summed E-state index contributed by atoms with van der Waals surface area (Å²) in [7, 11) is 3.55. The summed E-state index contributed by atoms with van der Waals surface area (Å²) in [6.07, 6.45) is 1.54. The molecular weight excluding hydrogens is 244 g/mol. The zero-order valence-corrected chi connectivity index (χ0v) is 11.4. The first-order valence-electron chi connectivity index (χ1n) is 5.81. The van der Waals surface area contributed by atoms with Crippen molar-refractivity contribution in [3.05, 3.63) is 0 Å². The van der Waals surface area contributed by atoms with Crippen LogP contribution in [0.15, 0.2) is 0 Å². The Bertz CT molecular complexity index is 215. The van der Waals surface area contributed by atoms with E-state index in [-0.39, 0.29) is 24.4 Å². The summed E-state index contributed by atoms with van der Waals surface area (Å²) in [4.78, 5) is 13.7. The number of hydrogen-bond donors (Lipinski definition) is 1. The van der Waals surface area contributed by atoms with Gasteiger partial charge in [-0.05, 0) is 20.0 Å². The minimum atomic E-state index is 0. The molecule has 0 aromatic heterocycles. The van der Waals surface area contributed by atoms with E-state index in [1.807, 2.05) is 11.9 Å². The summed E-state index contributed by atoms with van der Waals surface area (Å²) in [6.45, 7) is 3.43. The van der Waals surface area contributed by atoms with Gasteiger partial charge in [-0.2, -0.15) is 0 Å². The monoisotopic (exact) mass is 266 g/mol. The molecule has 0 saturated carbocycles. The zero-order chi connectivity index (χ0) is 11.8. The molecule has 102 valence electrons. The Morgan fingerprint density at radius 3 is 3.00 bits per heavy atom. The van der Waals surface area contributed by atoms with Gasteiger partial charge in [0.25, 0.3) is 0 Å². The first-order chi connectivity index (χ1) is 7.77. The number of methoxy groups -OCH3 is 1. The molecule has 1 atom stereocenters. The maximum atomic E-state index is 11.8. The van der Waals surface area contributed by atoms with E-state index < -0.39 is 0 Å². The highest BCUT2D eigenvalue weighted by molar-refractivity contribution is 5.85. The lowest BCUT2D eigenvalue weighted by atomic mass is 10.2. The van der Waals surface area contributed by atoms with E-state index in [9.17, 15) is 4.79 Å². The smallest absolute Gasteiger partial charge is 0.222 e. The highest BCUT2D eigenvalue weighted by Crippen LogP contribution is 2.07. The van der Waals surface area contributed by atoms with Crippen LogP contribution >= 0.6 is 12.4 Å². The van der Waals surface area contributed by atoms with Crippen LogP contribution in [0.4, 0.5) is 0 Å². The molecule has 17 heavy (non-hydrogen) atoms. The number of carbonyl (C=O) groups is 1. The maximum absolute atomic E-state index is 11.8. The highest BCUT2D eigenvalue weighted by Gasteiger charge is 2.23. The van der Waals surface area contributed by atoms with Crippen LogP contribution in [0.25, 0.3) is 0 Å². The van der Waals surface area contributed by atoms with E-state index in [0.717, 1.165) is 13.0 Å². The summed E-state index contributed by atoms with van der Waals surface area (Å²) in [5, 5.41) is 3.04. The van der Waals surface area contributed by atoms with E-state index in [4.69, 9.17) is 9.47 Å². The van der Waals surface area contributed by atoms with Crippen molar-refractivity contribution in [1.29, 1.82) is 0 Å². The standard InChI is InChI=1S/C11H22N2O3.ClH/c1-12-5-3-4-11(14)13-6-7-16-10(8-13)9-15-2;/h10,12H,3-9H2,1-2H3;1H. The molecule has 1 saturated heterocycles. The second-order valence-corrected chi connectivity index (χ2v) is 4.00. The van der Waals surface area contributed by atoms with Crippen molar-refractivity contribution in [1.82, 2.24) is 10.2 Å². The summed E-state index contributed by atoms with van der Waals surface area (Å²) < 4.78 is 10.5. The minimum Gasteiger partial charge on any atom is -0.382 e. The molecule has 0 bridgehead atoms. The summed E-state index contributed by atoms with van der Waals surface area (Å²) in [5.74, 6) is 0.222. The van der Waals surface area contributed by atoms with Crippen LogP contribution in [0.5, 0.6) is 0 Å². The van der Waals surface area contributed by atoms with Gasteiger partial charge >= 0.3 is 0 Å². The molecule has 1 aliphatic heterocycles. The van der Waals surface area contributed by atoms with Crippen molar-refractivity contribution in [2.24, 2.45) is 0 Å². The van der Waals surface area contributed by atoms with E-state index in [1.165, 1.54) is 0 Å². The Hall–Kier alpha value is -0.360. The molecule has 0 spiro atoms. The van der Waals surface area contributed by atoms with Crippen molar-refractivity contribution in [2.75, 3.05) is 47.0 Å². The number of hydrogen-bond acceptors (Lipinski definition) is 4. The summed E-state index contributed by atoms with van der Waals surface area (Å²) in [5.41, 5.74) is 0. The molecule has 0 radical (unpaired) electrons. The first kappa shape index (κ1) is 16.6. The van der Waals surface area contributed by atoms with Crippen LogP contribution in [0.3, 0.4) is 0 Å². The van der Waals surface area contributed by atoms with Gasteiger partial charge in [0.15, 0.2) is 0 Å². The van der Waals surface area contributed by atoms with Crippen molar-refractivity contribution < 1.29 is 14.3 Å². The Morgan fingerprint density at radius 1 is 1.59 bits per heavy atom. The third-order valence-corrected chi connectivity index (χ3v) is 2.66. The number of nitrogens with one attached hydrogen (secondary N) is 1. The SMILES string of the molecule is CNCCCC(=O)N1CCOC(COC)C1.Cl. The van der Waals surface area contributed by atoms with Crippen LogP contribution in [-0.4, -0.2) is 63.9 Å². The fourth-order valence-electron chi connectivity index (χ4n) is 1.81. The molecule has 0 aromatic rings. The second kappa shape index (κ2) is 9.65. The number of morpholine rings is 1. The molecule has 6 heteroatoms. The van der Waals surface area contributed by atoms with E-state index in [1.54, 1.807) is 7.11 Å². The van der Waals surface area contributed by atoms with Gasteiger partial charge in [0, 0.05) is 26.6 Å².